The summed E-state index contributed by atoms with van der Waals surface area (Å²) >= 11 is 3.50. The molecule has 112 valence electrons. The summed E-state index contributed by atoms with van der Waals surface area (Å²) in [5.74, 6) is 2.24. The Labute approximate surface area is 131 Å². The number of benzene rings is 1. The van der Waals surface area contributed by atoms with Crippen molar-refractivity contribution in [2.75, 3.05) is 32.8 Å². The lowest BCUT2D eigenvalue weighted by atomic mass is 10.2. The number of Topliss-reactive ketones (excluding diaryl/α,β-unsaturated/α-hetero) is 1. The van der Waals surface area contributed by atoms with Gasteiger partial charge in [-0.05, 0) is 22.9 Å². The third-order valence-corrected chi connectivity index (χ3v) is 3.85. The molecule has 0 bridgehead atoms. The van der Waals surface area contributed by atoms with E-state index >= 15 is 0 Å². The van der Waals surface area contributed by atoms with Gasteiger partial charge in [0.1, 0.15) is 19.0 Å². The van der Waals surface area contributed by atoms with Crippen LogP contribution in [-0.4, -0.2) is 49.5 Å². The normalized spacial score (nSPS) is 18.8. The Balaban J connectivity index is 1.89. The van der Waals surface area contributed by atoms with Crippen LogP contribution in [-0.2, 0) is 4.79 Å². The van der Waals surface area contributed by atoms with Gasteiger partial charge in [0.05, 0.1) is 12.2 Å². The molecule has 2 aliphatic heterocycles. The van der Waals surface area contributed by atoms with E-state index in [0.717, 1.165) is 29.0 Å². The SMILES string of the molecule is CC(=O)CN1CCN/C1=N/c1cc2c(cc1Br)OCCO2. The zero-order valence-electron chi connectivity index (χ0n) is 11.7. The molecule has 0 aliphatic carbocycles. The van der Waals surface area contributed by atoms with Crippen LogP contribution < -0.4 is 14.8 Å². The average Bonchev–Trinajstić information content (AvgIpc) is 2.86. The highest BCUT2D eigenvalue weighted by atomic mass is 79.9. The number of nitrogens with zero attached hydrogens (tertiary/aromatic N) is 2. The summed E-state index contributed by atoms with van der Waals surface area (Å²) in [7, 11) is 0. The minimum absolute atomic E-state index is 0.118. The smallest absolute Gasteiger partial charge is 0.199 e. The highest BCUT2D eigenvalue weighted by Crippen LogP contribution is 2.39. The number of aliphatic imine (C=N–C) groups is 1. The number of halogens is 1. The number of rotatable bonds is 3. The molecule has 7 heteroatoms. The van der Waals surface area contributed by atoms with Gasteiger partial charge in [0, 0.05) is 29.7 Å². The molecule has 1 N–H and O–H groups in total. The Kier molecular flexibility index (Phi) is 4.01. The highest BCUT2D eigenvalue weighted by molar-refractivity contribution is 9.10. The number of hydrogen-bond acceptors (Lipinski definition) is 4. The van der Waals surface area contributed by atoms with Gasteiger partial charge in [0.15, 0.2) is 17.5 Å². The van der Waals surface area contributed by atoms with Gasteiger partial charge in [0.25, 0.3) is 0 Å². The van der Waals surface area contributed by atoms with Crippen molar-refractivity contribution in [3.8, 4) is 11.5 Å². The van der Waals surface area contributed by atoms with Crippen molar-refractivity contribution < 1.29 is 14.3 Å². The van der Waals surface area contributed by atoms with Crippen molar-refractivity contribution in [3.63, 3.8) is 0 Å². The predicted octanol–water partition coefficient (Wildman–Crippen LogP) is 1.70. The van der Waals surface area contributed by atoms with Crippen molar-refractivity contribution in [2.45, 2.75) is 6.92 Å². The Morgan fingerprint density at radius 3 is 2.81 bits per heavy atom. The quantitative estimate of drug-likeness (QED) is 0.895. The lowest BCUT2D eigenvalue weighted by Gasteiger charge is -2.20. The van der Waals surface area contributed by atoms with Crippen LogP contribution in [0.5, 0.6) is 11.5 Å². The van der Waals surface area contributed by atoms with E-state index in [2.05, 4.69) is 26.2 Å². The number of ketones is 1. The summed E-state index contributed by atoms with van der Waals surface area (Å²) in [5, 5.41) is 3.20. The monoisotopic (exact) mass is 353 g/mol. The van der Waals surface area contributed by atoms with Crippen molar-refractivity contribution in [1.82, 2.24) is 10.2 Å². The van der Waals surface area contributed by atoms with Gasteiger partial charge in [-0.25, -0.2) is 4.99 Å². The van der Waals surface area contributed by atoms with Crippen LogP contribution in [0.25, 0.3) is 0 Å². The first-order chi connectivity index (χ1) is 10.1. The average molecular weight is 354 g/mol. The fraction of sp³-hybridized carbons (Fsp3) is 0.429. The minimum Gasteiger partial charge on any atom is -0.486 e. The summed E-state index contributed by atoms with van der Waals surface area (Å²) in [4.78, 5) is 17.8. The van der Waals surface area contributed by atoms with Gasteiger partial charge < -0.3 is 19.7 Å². The van der Waals surface area contributed by atoms with Gasteiger partial charge in [0.2, 0.25) is 0 Å². The Hall–Kier alpha value is -1.76. The van der Waals surface area contributed by atoms with Gasteiger partial charge in [-0.15, -0.1) is 0 Å². The van der Waals surface area contributed by atoms with E-state index in [1.807, 2.05) is 17.0 Å². The Bertz CT molecular complexity index is 603. The highest BCUT2D eigenvalue weighted by Gasteiger charge is 2.21. The summed E-state index contributed by atoms with van der Waals surface area (Å²) in [6, 6.07) is 3.70. The number of ether oxygens (including phenoxy) is 2. The molecule has 1 saturated heterocycles. The van der Waals surface area contributed by atoms with Gasteiger partial charge >= 0.3 is 0 Å². The van der Waals surface area contributed by atoms with E-state index < -0.39 is 0 Å². The number of nitrogens with one attached hydrogen (secondary N) is 1. The van der Waals surface area contributed by atoms with Gasteiger partial charge in [-0.3, -0.25) is 4.79 Å². The number of carbonyl (C=O) groups is 1. The van der Waals surface area contributed by atoms with E-state index in [9.17, 15) is 4.79 Å². The lowest BCUT2D eigenvalue weighted by Crippen LogP contribution is -2.33. The fourth-order valence-electron chi connectivity index (χ4n) is 2.31. The molecule has 21 heavy (non-hydrogen) atoms. The van der Waals surface area contributed by atoms with Crippen LogP contribution in [0.1, 0.15) is 6.92 Å². The second-order valence-corrected chi connectivity index (χ2v) is 5.79. The van der Waals surface area contributed by atoms with E-state index in [0.29, 0.717) is 31.5 Å². The second-order valence-electron chi connectivity index (χ2n) is 4.93. The number of fused-ring (bicyclic) bond motifs is 1. The molecule has 1 aromatic carbocycles. The largest absolute Gasteiger partial charge is 0.486 e. The first-order valence-electron chi connectivity index (χ1n) is 6.79. The molecule has 1 aromatic rings. The van der Waals surface area contributed by atoms with E-state index in [4.69, 9.17) is 9.47 Å². The minimum atomic E-state index is 0.118. The first-order valence-corrected chi connectivity index (χ1v) is 7.59. The molecule has 0 amide bonds. The molecule has 0 atom stereocenters. The topological polar surface area (TPSA) is 63.2 Å². The zero-order chi connectivity index (χ0) is 14.8. The third kappa shape index (κ3) is 3.12. The molecule has 6 nitrogen and oxygen atoms in total. The maximum Gasteiger partial charge on any atom is 0.199 e. The molecule has 2 heterocycles. The van der Waals surface area contributed by atoms with E-state index in [1.54, 1.807) is 6.92 Å². The summed E-state index contributed by atoms with van der Waals surface area (Å²) in [5.41, 5.74) is 0.747. The molecule has 0 spiro atoms. The van der Waals surface area contributed by atoms with Crippen molar-refractivity contribution >= 4 is 33.4 Å². The standard InChI is InChI=1S/C14H16BrN3O3/c1-9(19)8-18-3-2-16-14(18)17-11-7-13-12(6-10(11)15)20-4-5-21-13/h6-7H,2-5,8H2,1H3,(H,16,17). The molecule has 2 aliphatic rings. The van der Waals surface area contributed by atoms with Crippen LogP contribution >= 0.6 is 15.9 Å². The maximum absolute atomic E-state index is 11.3. The van der Waals surface area contributed by atoms with E-state index in [-0.39, 0.29) is 5.78 Å². The van der Waals surface area contributed by atoms with Crippen LogP contribution in [0.4, 0.5) is 5.69 Å². The van der Waals surface area contributed by atoms with Crippen LogP contribution in [0.15, 0.2) is 21.6 Å². The molecule has 0 aromatic heterocycles. The molecule has 1 fully saturated rings. The molecular weight excluding hydrogens is 338 g/mol. The lowest BCUT2D eigenvalue weighted by molar-refractivity contribution is -0.117. The van der Waals surface area contributed by atoms with Crippen LogP contribution in [0.3, 0.4) is 0 Å². The van der Waals surface area contributed by atoms with E-state index in [1.165, 1.54) is 0 Å². The number of carbonyl (C=O) groups excluding carboxylic acids is 1. The second kappa shape index (κ2) is 5.93. The van der Waals surface area contributed by atoms with Gasteiger partial charge in [-0.2, -0.15) is 0 Å². The van der Waals surface area contributed by atoms with Crippen LogP contribution in [0.2, 0.25) is 0 Å². The van der Waals surface area contributed by atoms with Crippen molar-refractivity contribution in [3.05, 3.63) is 16.6 Å². The summed E-state index contributed by atoms with van der Waals surface area (Å²) in [6.45, 7) is 4.61. The molecule has 3 rings (SSSR count). The van der Waals surface area contributed by atoms with Crippen molar-refractivity contribution in [1.29, 1.82) is 0 Å². The Morgan fingerprint density at radius 1 is 1.38 bits per heavy atom. The zero-order valence-corrected chi connectivity index (χ0v) is 13.3. The van der Waals surface area contributed by atoms with Crippen LogP contribution in [0, 0.1) is 0 Å². The summed E-state index contributed by atoms with van der Waals surface area (Å²) in [6.07, 6.45) is 0. The van der Waals surface area contributed by atoms with Gasteiger partial charge in [-0.1, -0.05) is 0 Å². The number of guanidine groups is 1. The predicted molar refractivity (Wildman–Crippen MR) is 82.5 cm³/mol. The molecule has 0 unspecified atom stereocenters. The fourth-order valence-corrected chi connectivity index (χ4v) is 2.72. The third-order valence-electron chi connectivity index (χ3n) is 3.22. The number of hydrogen-bond donors (Lipinski definition) is 1. The first kappa shape index (κ1) is 14.2. The summed E-state index contributed by atoms with van der Waals surface area (Å²) < 4.78 is 11.9. The maximum atomic E-state index is 11.3. The Morgan fingerprint density at radius 2 is 2.10 bits per heavy atom. The van der Waals surface area contributed by atoms with Crippen molar-refractivity contribution in [2.24, 2.45) is 4.99 Å². The molecular formula is C14H16BrN3O3. The molecule has 0 saturated carbocycles. The molecule has 0 radical (unpaired) electrons.